The fourth-order valence-electron chi connectivity index (χ4n) is 3.00. The molecule has 0 unspecified atom stereocenters. The number of thiophene rings is 1. The molecule has 128 valence electrons. The maximum Gasteiger partial charge on any atom is 0.265 e. The Hall–Kier alpha value is -1.53. The smallest absolute Gasteiger partial charge is 0.265 e. The highest BCUT2D eigenvalue weighted by Crippen LogP contribution is 2.28. The topological polar surface area (TPSA) is 50.3 Å². The first-order chi connectivity index (χ1) is 11.5. The lowest BCUT2D eigenvalue weighted by molar-refractivity contribution is 0.0641. The first-order valence-corrected chi connectivity index (χ1v) is 10.0. The van der Waals surface area contributed by atoms with Gasteiger partial charge in [-0.2, -0.15) is 0 Å². The number of hydrogen-bond acceptors (Lipinski definition) is 5. The van der Waals surface area contributed by atoms with Crippen molar-refractivity contribution in [1.82, 2.24) is 9.88 Å². The van der Waals surface area contributed by atoms with E-state index in [1.807, 2.05) is 29.3 Å². The molecule has 0 bridgehead atoms. The normalized spacial score (nSPS) is 18.2. The Morgan fingerprint density at radius 2 is 2.17 bits per heavy atom. The van der Waals surface area contributed by atoms with Gasteiger partial charge in [-0.05, 0) is 31.2 Å². The molecule has 0 radical (unpaired) electrons. The van der Waals surface area contributed by atoms with Gasteiger partial charge in [-0.25, -0.2) is 4.98 Å². The molecule has 1 aliphatic rings. The molecule has 2 aromatic heterocycles. The quantitative estimate of drug-likeness (QED) is 0.759. The number of ketones is 1. The lowest BCUT2D eigenvalue weighted by Crippen LogP contribution is -2.42. The van der Waals surface area contributed by atoms with Crippen LogP contribution >= 0.6 is 22.7 Å². The Bertz CT molecular complexity index is 734. The van der Waals surface area contributed by atoms with Crippen molar-refractivity contribution < 1.29 is 9.59 Å². The van der Waals surface area contributed by atoms with Crippen molar-refractivity contribution in [3.05, 3.63) is 38.0 Å². The number of likely N-dealkylation sites (tertiary alicyclic amines) is 1. The Morgan fingerprint density at radius 1 is 1.38 bits per heavy atom. The molecule has 24 heavy (non-hydrogen) atoms. The second-order valence-electron chi connectivity index (χ2n) is 6.55. The Balaban J connectivity index is 1.75. The van der Waals surface area contributed by atoms with Crippen molar-refractivity contribution in [2.45, 2.75) is 39.5 Å². The molecule has 0 aromatic carbocycles. The highest BCUT2D eigenvalue weighted by Gasteiger charge is 2.31. The average molecular weight is 363 g/mol. The number of Topliss-reactive ketones (excluding diaryl/α,β-unsaturated/α-hetero) is 1. The molecular weight excluding hydrogens is 340 g/mol. The number of carbonyl (C=O) groups is 2. The zero-order valence-electron chi connectivity index (χ0n) is 14.2. The van der Waals surface area contributed by atoms with Gasteiger partial charge in [-0.1, -0.05) is 19.9 Å². The predicted octanol–water partition coefficient (Wildman–Crippen LogP) is 4.37. The van der Waals surface area contributed by atoms with E-state index in [2.05, 4.69) is 18.8 Å². The third-order valence-corrected chi connectivity index (χ3v) is 6.68. The van der Waals surface area contributed by atoms with Gasteiger partial charge >= 0.3 is 0 Å². The second-order valence-corrected chi connectivity index (χ2v) is 8.53. The number of rotatable bonds is 4. The van der Waals surface area contributed by atoms with Crippen molar-refractivity contribution in [3.8, 4) is 0 Å². The second kappa shape index (κ2) is 7.15. The number of thiazole rings is 1. The average Bonchev–Trinajstić information content (AvgIpc) is 3.23. The summed E-state index contributed by atoms with van der Waals surface area (Å²) in [6.07, 6.45) is 1.74. The summed E-state index contributed by atoms with van der Waals surface area (Å²) in [5, 5.41) is 2.92. The number of carbonyl (C=O) groups excluding carboxylic acids is 2. The van der Waals surface area contributed by atoms with Gasteiger partial charge in [0.1, 0.15) is 4.88 Å². The van der Waals surface area contributed by atoms with E-state index in [0.29, 0.717) is 12.5 Å². The van der Waals surface area contributed by atoms with Crippen molar-refractivity contribution in [2.75, 3.05) is 13.1 Å². The van der Waals surface area contributed by atoms with E-state index in [-0.39, 0.29) is 17.6 Å². The van der Waals surface area contributed by atoms with Crippen LogP contribution in [-0.4, -0.2) is 34.7 Å². The zero-order valence-corrected chi connectivity index (χ0v) is 15.9. The van der Waals surface area contributed by atoms with Crippen LogP contribution in [0.25, 0.3) is 0 Å². The summed E-state index contributed by atoms with van der Waals surface area (Å²) in [4.78, 5) is 33.4. The lowest BCUT2D eigenvalue weighted by atomic mass is 9.93. The van der Waals surface area contributed by atoms with Gasteiger partial charge in [-0.15, -0.1) is 22.7 Å². The molecule has 2 aromatic rings. The van der Waals surface area contributed by atoms with Crippen LogP contribution in [0.1, 0.15) is 62.7 Å². The molecule has 1 atom stereocenters. The molecule has 0 spiro atoms. The molecule has 0 aliphatic carbocycles. The molecule has 1 amide bonds. The van der Waals surface area contributed by atoms with E-state index in [0.717, 1.165) is 39.8 Å². The third kappa shape index (κ3) is 3.44. The van der Waals surface area contributed by atoms with Crippen LogP contribution in [0.2, 0.25) is 0 Å². The van der Waals surface area contributed by atoms with E-state index in [1.165, 1.54) is 22.7 Å². The summed E-state index contributed by atoms with van der Waals surface area (Å²) in [6.45, 7) is 7.31. The van der Waals surface area contributed by atoms with Crippen LogP contribution in [0.15, 0.2) is 17.5 Å². The standard InChI is InChI=1S/C18H22N2O2S2/c1-11(2)17-19-12(3)16(24-17)18(22)20-8-4-6-13(10-20)15(21)14-7-5-9-23-14/h5,7,9,11,13H,4,6,8,10H2,1-3H3/t13-/m0/s1. The molecule has 0 N–H and O–H groups in total. The van der Waals surface area contributed by atoms with Gasteiger partial charge in [-0.3, -0.25) is 9.59 Å². The first-order valence-electron chi connectivity index (χ1n) is 8.31. The third-order valence-electron chi connectivity index (χ3n) is 4.34. The Kier molecular flexibility index (Phi) is 5.15. The van der Waals surface area contributed by atoms with E-state index in [1.54, 1.807) is 0 Å². The van der Waals surface area contributed by atoms with Gasteiger partial charge < -0.3 is 4.90 Å². The van der Waals surface area contributed by atoms with Gasteiger partial charge in [0.05, 0.1) is 15.6 Å². The minimum absolute atomic E-state index is 0.0283. The van der Waals surface area contributed by atoms with Gasteiger partial charge in [0, 0.05) is 24.9 Å². The summed E-state index contributed by atoms with van der Waals surface area (Å²) in [5.41, 5.74) is 0.806. The van der Waals surface area contributed by atoms with Gasteiger partial charge in [0.15, 0.2) is 5.78 Å². The largest absolute Gasteiger partial charge is 0.337 e. The molecule has 1 fully saturated rings. The van der Waals surface area contributed by atoms with E-state index >= 15 is 0 Å². The minimum atomic E-state index is -0.0841. The zero-order chi connectivity index (χ0) is 17.3. The summed E-state index contributed by atoms with van der Waals surface area (Å²) in [5.74, 6) is 0.441. The number of piperidine rings is 1. The molecule has 6 heteroatoms. The predicted molar refractivity (Wildman–Crippen MR) is 98.2 cm³/mol. The van der Waals surface area contributed by atoms with Crippen LogP contribution in [0.4, 0.5) is 0 Å². The van der Waals surface area contributed by atoms with Gasteiger partial charge in [0.2, 0.25) is 0 Å². The summed E-state index contributed by atoms with van der Waals surface area (Å²) >= 11 is 2.97. The number of amides is 1. The molecule has 0 saturated carbocycles. The molecule has 3 heterocycles. The SMILES string of the molecule is Cc1nc(C(C)C)sc1C(=O)N1CCC[C@H](C(=O)c2cccs2)C1. The molecule has 4 nitrogen and oxygen atoms in total. The van der Waals surface area contributed by atoms with Crippen LogP contribution in [-0.2, 0) is 0 Å². The molecular formula is C18H22N2O2S2. The molecule has 3 rings (SSSR count). The summed E-state index contributed by atoms with van der Waals surface area (Å²) < 4.78 is 0. The van der Waals surface area contributed by atoms with Crippen LogP contribution in [0.3, 0.4) is 0 Å². The highest BCUT2D eigenvalue weighted by atomic mass is 32.1. The maximum atomic E-state index is 12.9. The molecule has 1 saturated heterocycles. The van der Waals surface area contributed by atoms with Crippen LogP contribution in [0.5, 0.6) is 0 Å². The van der Waals surface area contributed by atoms with Crippen molar-refractivity contribution in [1.29, 1.82) is 0 Å². The fourth-order valence-corrected chi connectivity index (χ4v) is 4.78. The van der Waals surface area contributed by atoms with Crippen molar-refractivity contribution in [2.24, 2.45) is 5.92 Å². The van der Waals surface area contributed by atoms with E-state index in [4.69, 9.17) is 0 Å². The van der Waals surface area contributed by atoms with E-state index < -0.39 is 0 Å². The number of nitrogens with zero attached hydrogens (tertiary/aromatic N) is 2. The van der Waals surface area contributed by atoms with Crippen LogP contribution < -0.4 is 0 Å². The van der Waals surface area contributed by atoms with Gasteiger partial charge in [0.25, 0.3) is 5.91 Å². The highest BCUT2D eigenvalue weighted by molar-refractivity contribution is 7.14. The molecule has 1 aliphatic heterocycles. The minimum Gasteiger partial charge on any atom is -0.337 e. The van der Waals surface area contributed by atoms with Crippen molar-refractivity contribution in [3.63, 3.8) is 0 Å². The maximum absolute atomic E-state index is 12.9. The first kappa shape index (κ1) is 17.3. The van der Waals surface area contributed by atoms with Crippen LogP contribution in [0, 0.1) is 12.8 Å². The Labute approximate surface area is 150 Å². The summed E-state index contributed by atoms with van der Waals surface area (Å²) in [6, 6.07) is 3.77. The Morgan fingerprint density at radius 3 is 2.79 bits per heavy atom. The number of hydrogen-bond donors (Lipinski definition) is 0. The number of aryl methyl sites for hydroxylation is 1. The monoisotopic (exact) mass is 362 g/mol. The lowest BCUT2D eigenvalue weighted by Gasteiger charge is -2.31. The van der Waals surface area contributed by atoms with E-state index in [9.17, 15) is 9.59 Å². The summed E-state index contributed by atoms with van der Waals surface area (Å²) in [7, 11) is 0. The fraction of sp³-hybridized carbons (Fsp3) is 0.500. The van der Waals surface area contributed by atoms with Crippen molar-refractivity contribution >= 4 is 34.4 Å². The number of aromatic nitrogens is 1.